The number of fused-ring (bicyclic) bond motifs is 1. The Balaban J connectivity index is 1.94. The summed E-state index contributed by atoms with van der Waals surface area (Å²) in [5.41, 5.74) is 1.39. The lowest BCUT2D eigenvalue weighted by Crippen LogP contribution is -2.24. The molecule has 0 radical (unpaired) electrons. The Labute approximate surface area is 147 Å². The van der Waals surface area contributed by atoms with Crippen molar-refractivity contribution >= 4 is 28.6 Å². The maximum absolute atomic E-state index is 13.1. The van der Waals surface area contributed by atoms with Crippen LogP contribution < -0.4 is 5.56 Å². The molecule has 1 saturated heterocycles. The first-order valence-electron chi connectivity index (χ1n) is 7.91. The molecule has 1 fully saturated rings. The van der Waals surface area contributed by atoms with E-state index in [0.717, 1.165) is 5.56 Å². The Morgan fingerprint density at radius 3 is 2.84 bits per heavy atom. The molecule has 1 unspecified atom stereocenters. The number of hydrogen-bond donors (Lipinski definition) is 0. The number of aromatic nitrogens is 3. The standard InChI is InChI=1S/C18H15N3O3S/c1-11-6-8-19-15(10-11)21-16(22)12-4-2-3-5-13(12)20-18(21)25-14-7-9-24-17(14)23/h2-6,8,10,14H,7,9H2,1H3. The molecule has 126 valence electrons. The molecule has 0 N–H and O–H groups in total. The van der Waals surface area contributed by atoms with E-state index >= 15 is 0 Å². The van der Waals surface area contributed by atoms with Crippen LogP contribution in [0.4, 0.5) is 0 Å². The van der Waals surface area contributed by atoms with E-state index < -0.39 is 0 Å². The van der Waals surface area contributed by atoms with E-state index in [1.807, 2.05) is 25.1 Å². The van der Waals surface area contributed by atoms with Crippen molar-refractivity contribution in [3.05, 3.63) is 58.5 Å². The second kappa shape index (κ2) is 6.33. The number of carbonyl (C=O) groups excluding carboxylic acids is 1. The molecule has 0 saturated carbocycles. The van der Waals surface area contributed by atoms with E-state index in [1.165, 1.54) is 16.3 Å². The number of aryl methyl sites for hydroxylation is 1. The summed E-state index contributed by atoms with van der Waals surface area (Å²) in [5, 5.41) is 0.610. The molecule has 3 aromatic rings. The summed E-state index contributed by atoms with van der Waals surface area (Å²) < 4.78 is 6.51. The highest BCUT2D eigenvalue weighted by atomic mass is 32.2. The van der Waals surface area contributed by atoms with Crippen molar-refractivity contribution < 1.29 is 9.53 Å². The van der Waals surface area contributed by atoms with Gasteiger partial charge in [-0.05, 0) is 36.8 Å². The van der Waals surface area contributed by atoms with Crippen LogP contribution in [0.1, 0.15) is 12.0 Å². The second-order valence-corrected chi connectivity index (χ2v) is 6.98. The van der Waals surface area contributed by atoms with Crippen LogP contribution in [0, 0.1) is 6.92 Å². The van der Waals surface area contributed by atoms with E-state index in [1.54, 1.807) is 24.4 Å². The van der Waals surface area contributed by atoms with Crippen LogP contribution in [0.15, 0.2) is 52.5 Å². The molecule has 7 heteroatoms. The normalized spacial score (nSPS) is 17.0. The number of para-hydroxylation sites is 1. The molecule has 1 aromatic carbocycles. The average molecular weight is 353 g/mol. The summed E-state index contributed by atoms with van der Waals surface area (Å²) in [7, 11) is 0. The van der Waals surface area contributed by atoms with Crippen LogP contribution in [0.3, 0.4) is 0 Å². The van der Waals surface area contributed by atoms with Gasteiger partial charge in [-0.25, -0.2) is 14.5 Å². The molecule has 0 spiro atoms. The number of nitrogens with zero attached hydrogens (tertiary/aromatic N) is 3. The van der Waals surface area contributed by atoms with E-state index in [2.05, 4.69) is 9.97 Å². The molecular weight excluding hydrogens is 338 g/mol. The van der Waals surface area contributed by atoms with Gasteiger partial charge in [0.1, 0.15) is 11.1 Å². The van der Waals surface area contributed by atoms with Gasteiger partial charge in [0.2, 0.25) is 0 Å². The molecule has 0 aliphatic carbocycles. The minimum absolute atomic E-state index is 0.197. The first kappa shape index (κ1) is 15.8. The molecule has 25 heavy (non-hydrogen) atoms. The number of thioether (sulfide) groups is 1. The van der Waals surface area contributed by atoms with Crippen LogP contribution in [0.25, 0.3) is 16.7 Å². The van der Waals surface area contributed by atoms with Gasteiger partial charge < -0.3 is 4.74 Å². The van der Waals surface area contributed by atoms with Crippen LogP contribution in [0.2, 0.25) is 0 Å². The SMILES string of the molecule is Cc1ccnc(-n2c(SC3CCOC3=O)nc3ccccc3c2=O)c1. The lowest BCUT2D eigenvalue weighted by Gasteiger charge is -2.14. The smallest absolute Gasteiger partial charge is 0.319 e. The van der Waals surface area contributed by atoms with Gasteiger partial charge in [0.05, 0.1) is 17.5 Å². The quantitative estimate of drug-likeness (QED) is 0.532. The van der Waals surface area contributed by atoms with Crippen molar-refractivity contribution in [1.82, 2.24) is 14.5 Å². The number of pyridine rings is 1. The molecular formula is C18H15N3O3S. The van der Waals surface area contributed by atoms with E-state index in [4.69, 9.17) is 4.74 Å². The van der Waals surface area contributed by atoms with Crippen LogP contribution in [0.5, 0.6) is 0 Å². The zero-order chi connectivity index (χ0) is 17.4. The topological polar surface area (TPSA) is 74.1 Å². The number of rotatable bonds is 3. The van der Waals surface area contributed by atoms with E-state index in [0.29, 0.717) is 34.9 Å². The number of hydrogen-bond acceptors (Lipinski definition) is 6. The first-order chi connectivity index (χ1) is 12.1. The highest BCUT2D eigenvalue weighted by molar-refractivity contribution is 8.00. The number of cyclic esters (lactones) is 1. The molecule has 1 aliphatic heterocycles. The van der Waals surface area contributed by atoms with Gasteiger partial charge in [0, 0.05) is 12.6 Å². The van der Waals surface area contributed by atoms with Crippen LogP contribution >= 0.6 is 11.8 Å². The zero-order valence-corrected chi connectivity index (χ0v) is 14.3. The Hall–Kier alpha value is -2.67. The van der Waals surface area contributed by atoms with Gasteiger partial charge in [-0.3, -0.25) is 9.59 Å². The highest BCUT2D eigenvalue weighted by Gasteiger charge is 2.30. The second-order valence-electron chi connectivity index (χ2n) is 5.81. The summed E-state index contributed by atoms with van der Waals surface area (Å²) in [4.78, 5) is 33.9. The largest absolute Gasteiger partial charge is 0.465 e. The van der Waals surface area contributed by atoms with Gasteiger partial charge in [-0.1, -0.05) is 23.9 Å². The lowest BCUT2D eigenvalue weighted by molar-refractivity contribution is -0.137. The molecule has 1 atom stereocenters. The summed E-state index contributed by atoms with van der Waals surface area (Å²) in [6.07, 6.45) is 2.26. The number of esters is 1. The van der Waals surface area contributed by atoms with Crippen LogP contribution in [-0.2, 0) is 9.53 Å². The highest BCUT2D eigenvalue weighted by Crippen LogP contribution is 2.29. The Morgan fingerprint density at radius 2 is 2.08 bits per heavy atom. The summed E-state index contributed by atoms with van der Waals surface area (Å²) in [6.45, 7) is 2.34. The van der Waals surface area contributed by atoms with E-state index in [9.17, 15) is 9.59 Å². The Kier molecular flexibility index (Phi) is 4.01. The van der Waals surface area contributed by atoms with Crippen molar-refractivity contribution in [2.45, 2.75) is 23.8 Å². The summed E-state index contributed by atoms with van der Waals surface area (Å²) in [5.74, 6) is 0.230. The molecule has 6 nitrogen and oxygen atoms in total. The summed E-state index contributed by atoms with van der Waals surface area (Å²) >= 11 is 1.25. The van der Waals surface area contributed by atoms with Gasteiger partial charge in [0.25, 0.3) is 5.56 Å². The predicted molar refractivity (Wildman–Crippen MR) is 95.1 cm³/mol. The van der Waals surface area contributed by atoms with E-state index in [-0.39, 0.29) is 16.8 Å². The fourth-order valence-corrected chi connectivity index (χ4v) is 3.81. The van der Waals surface area contributed by atoms with Crippen molar-refractivity contribution in [3.63, 3.8) is 0 Å². The number of benzene rings is 1. The molecule has 3 heterocycles. The van der Waals surface area contributed by atoms with Crippen molar-refractivity contribution in [2.75, 3.05) is 6.61 Å². The number of ether oxygens (including phenoxy) is 1. The van der Waals surface area contributed by atoms with Gasteiger partial charge in [-0.15, -0.1) is 0 Å². The fraction of sp³-hybridized carbons (Fsp3) is 0.222. The van der Waals surface area contributed by atoms with Crippen molar-refractivity contribution in [3.8, 4) is 5.82 Å². The molecule has 1 aliphatic rings. The Morgan fingerprint density at radius 1 is 1.24 bits per heavy atom. The third-order valence-electron chi connectivity index (χ3n) is 4.01. The first-order valence-corrected chi connectivity index (χ1v) is 8.79. The molecule has 0 amide bonds. The predicted octanol–water partition coefficient (Wildman–Crippen LogP) is 2.50. The zero-order valence-electron chi connectivity index (χ0n) is 13.5. The molecule has 0 bridgehead atoms. The third kappa shape index (κ3) is 2.91. The van der Waals surface area contributed by atoms with Gasteiger partial charge in [-0.2, -0.15) is 0 Å². The maximum atomic E-state index is 13.1. The maximum Gasteiger partial charge on any atom is 0.319 e. The summed E-state index contributed by atoms with van der Waals surface area (Å²) in [6, 6.07) is 10.9. The van der Waals surface area contributed by atoms with Crippen LogP contribution in [-0.4, -0.2) is 32.4 Å². The monoisotopic (exact) mass is 353 g/mol. The van der Waals surface area contributed by atoms with Gasteiger partial charge >= 0.3 is 5.97 Å². The number of carbonyl (C=O) groups is 1. The average Bonchev–Trinajstić information content (AvgIpc) is 3.00. The molecule has 2 aromatic heterocycles. The fourth-order valence-electron chi connectivity index (χ4n) is 2.75. The third-order valence-corrected chi connectivity index (χ3v) is 5.21. The van der Waals surface area contributed by atoms with Crippen molar-refractivity contribution in [1.29, 1.82) is 0 Å². The molecule has 4 rings (SSSR count). The minimum Gasteiger partial charge on any atom is -0.465 e. The lowest BCUT2D eigenvalue weighted by atomic mass is 10.2. The Bertz CT molecular complexity index is 1030. The van der Waals surface area contributed by atoms with Crippen molar-refractivity contribution in [2.24, 2.45) is 0 Å². The van der Waals surface area contributed by atoms with Gasteiger partial charge in [0.15, 0.2) is 5.16 Å². The minimum atomic E-state index is -0.357.